The summed E-state index contributed by atoms with van der Waals surface area (Å²) in [5.74, 6) is -0.0118. The van der Waals surface area contributed by atoms with Crippen molar-refractivity contribution in [2.75, 3.05) is 17.3 Å². The fraction of sp³-hybridized carbons (Fsp3) is 0.562. The Bertz CT molecular complexity index is 575. The Labute approximate surface area is 130 Å². The number of nitrogens with one attached hydrogen (secondary N) is 2. The quantitative estimate of drug-likeness (QED) is 0.900. The van der Waals surface area contributed by atoms with E-state index in [-0.39, 0.29) is 11.9 Å². The summed E-state index contributed by atoms with van der Waals surface area (Å²) < 4.78 is 0. The maximum Gasteiger partial charge on any atom is 0.246 e. The summed E-state index contributed by atoms with van der Waals surface area (Å²) in [6.45, 7) is 4.46. The number of rotatable bonds is 3. The Morgan fingerprint density at radius 1 is 1.43 bits per heavy atom. The Morgan fingerprint density at radius 3 is 2.86 bits per heavy atom. The molecule has 3 atom stereocenters. The maximum atomic E-state index is 12.0. The zero-order valence-electron chi connectivity index (χ0n) is 12.7. The van der Waals surface area contributed by atoms with Gasteiger partial charge in [-0.3, -0.25) is 4.79 Å². The van der Waals surface area contributed by atoms with Crippen molar-refractivity contribution in [2.24, 2.45) is 0 Å². The number of hydrogen-bond acceptors (Lipinski definition) is 3. The standard InChI is InChI=1S/C16H22ClN3O/c1-4-10-6-5-9(2)20(10)14-8-13-11(7-12(14)17)15(18-3)16(21)19-13/h7-10,15,18H,4-6H2,1-3H3,(H,19,21). The van der Waals surface area contributed by atoms with Crippen LogP contribution in [0.2, 0.25) is 5.02 Å². The van der Waals surface area contributed by atoms with Crippen molar-refractivity contribution in [1.82, 2.24) is 5.32 Å². The second-order valence-electron chi connectivity index (χ2n) is 6.00. The monoisotopic (exact) mass is 307 g/mol. The molecule has 1 aromatic rings. The zero-order valence-corrected chi connectivity index (χ0v) is 13.5. The van der Waals surface area contributed by atoms with E-state index < -0.39 is 0 Å². The predicted octanol–water partition coefficient (Wildman–Crippen LogP) is 3.32. The van der Waals surface area contributed by atoms with Gasteiger partial charge in [0.1, 0.15) is 6.04 Å². The van der Waals surface area contributed by atoms with Crippen molar-refractivity contribution in [3.8, 4) is 0 Å². The highest BCUT2D eigenvalue weighted by Crippen LogP contribution is 2.42. The second-order valence-corrected chi connectivity index (χ2v) is 6.40. The highest BCUT2D eigenvalue weighted by molar-refractivity contribution is 6.33. The third-order valence-electron chi connectivity index (χ3n) is 4.77. The van der Waals surface area contributed by atoms with Gasteiger partial charge in [-0.2, -0.15) is 0 Å². The van der Waals surface area contributed by atoms with Gasteiger partial charge in [0.15, 0.2) is 0 Å². The summed E-state index contributed by atoms with van der Waals surface area (Å²) >= 11 is 6.54. The third kappa shape index (κ3) is 2.30. The summed E-state index contributed by atoms with van der Waals surface area (Å²) in [4.78, 5) is 14.4. The van der Waals surface area contributed by atoms with E-state index in [0.717, 1.165) is 28.4 Å². The molecule has 3 unspecified atom stereocenters. The summed E-state index contributed by atoms with van der Waals surface area (Å²) in [5.41, 5.74) is 2.87. The van der Waals surface area contributed by atoms with Gasteiger partial charge < -0.3 is 15.5 Å². The van der Waals surface area contributed by atoms with E-state index in [0.29, 0.717) is 12.1 Å². The molecule has 0 radical (unpaired) electrons. The fourth-order valence-electron chi connectivity index (χ4n) is 3.66. The van der Waals surface area contributed by atoms with Crippen molar-refractivity contribution < 1.29 is 4.79 Å². The van der Waals surface area contributed by atoms with Gasteiger partial charge in [0.25, 0.3) is 0 Å². The van der Waals surface area contributed by atoms with E-state index in [4.69, 9.17) is 11.6 Å². The van der Waals surface area contributed by atoms with Crippen LogP contribution in [-0.4, -0.2) is 25.0 Å². The summed E-state index contributed by atoms with van der Waals surface area (Å²) in [5, 5.41) is 6.71. The van der Waals surface area contributed by atoms with E-state index in [1.807, 2.05) is 12.1 Å². The van der Waals surface area contributed by atoms with E-state index in [1.165, 1.54) is 12.8 Å². The largest absolute Gasteiger partial charge is 0.365 e. The molecule has 2 heterocycles. The van der Waals surface area contributed by atoms with Crippen LogP contribution in [0.4, 0.5) is 11.4 Å². The van der Waals surface area contributed by atoms with Crippen LogP contribution in [0, 0.1) is 0 Å². The minimum Gasteiger partial charge on any atom is -0.365 e. The smallest absolute Gasteiger partial charge is 0.246 e. The molecule has 0 aliphatic carbocycles. The van der Waals surface area contributed by atoms with Gasteiger partial charge in [-0.05, 0) is 45.4 Å². The molecule has 5 heteroatoms. The molecule has 21 heavy (non-hydrogen) atoms. The highest BCUT2D eigenvalue weighted by Gasteiger charge is 2.34. The van der Waals surface area contributed by atoms with E-state index in [2.05, 4.69) is 29.4 Å². The first-order valence-corrected chi connectivity index (χ1v) is 8.04. The topological polar surface area (TPSA) is 44.4 Å². The summed E-state index contributed by atoms with van der Waals surface area (Å²) in [6.07, 6.45) is 3.51. The average molecular weight is 308 g/mol. The Morgan fingerprint density at radius 2 is 2.19 bits per heavy atom. The minimum atomic E-state index is -0.301. The van der Waals surface area contributed by atoms with Crippen LogP contribution in [0.5, 0.6) is 0 Å². The van der Waals surface area contributed by atoms with Gasteiger partial charge in [-0.15, -0.1) is 0 Å². The first kappa shape index (κ1) is 14.7. The number of halogens is 1. The SMILES string of the molecule is CCC1CCC(C)N1c1cc2c(cc1Cl)C(NC)C(=O)N2. The second kappa shape index (κ2) is 5.50. The fourth-order valence-corrected chi connectivity index (χ4v) is 3.93. The lowest BCUT2D eigenvalue weighted by Gasteiger charge is -2.31. The van der Waals surface area contributed by atoms with Gasteiger partial charge in [0, 0.05) is 23.3 Å². The zero-order chi connectivity index (χ0) is 15.1. The van der Waals surface area contributed by atoms with Crippen molar-refractivity contribution in [2.45, 2.75) is 51.2 Å². The van der Waals surface area contributed by atoms with E-state index >= 15 is 0 Å². The average Bonchev–Trinajstić information content (AvgIpc) is 2.97. The predicted molar refractivity (Wildman–Crippen MR) is 87.1 cm³/mol. The molecule has 0 spiro atoms. The number of carbonyl (C=O) groups excluding carboxylic acids is 1. The summed E-state index contributed by atoms with van der Waals surface area (Å²) in [7, 11) is 1.79. The number of hydrogen-bond donors (Lipinski definition) is 2. The van der Waals surface area contributed by atoms with Gasteiger partial charge in [-0.25, -0.2) is 0 Å². The number of benzene rings is 1. The molecule has 2 N–H and O–H groups in total. The molecule has 0 saturated carbocycles. The molecule has 2 aliphatic heterocycles. The molecule has 1 amide bonds. The van der Waals surface area contributed by atoms with Crippen molar-refractivity contribution in [1.29, 1.82) is 0 Å². The minimum absolute atomic E-state index is 0.0118. The van der Waals surface area contributed by atoms with Crippen LogP contribution < -0.4 is 15.5 Å². The Balaban J connectivity index is 2.02. The van der Waals surface area contributed by atoms with Crippen LogP contribution in [-0.2, 0) is 4.79 Å². The van der Waals surface area contributed by atoms with Gasteiger partial charge in [0.05, 0.1) is 10.7 Å². The maximum absolute atomic E-state index is 12.0. The normalized spacial score (nSPS) is 27.9. The van der Waals surface area contributed by atoms with Crippen LogP contribution in [0.3, 0.4) is 0 Å². The molecule has 1 saturated heterocycles. The number of carbonyl (C=O) groups is 1. The number of anilines is 2. The Hall–Kier alpha value is -1.26. The van der Waals surface area contributed by atoms with E-state index in [1.54, 1.807) is 7.05 Å². The summed E-state index contributed by atoms with van der Waals surface area (Å²) in [6, 6.07) is 4.69. The van der Waals surface area contributed by atoms with Gasteiger partial charge in [-0.1, -0.05) is 18.5 Å². The molecule has 4 nitrogen and oxygen atoms in total. The number of amides is 1. The number of fused-ring (bicyclic) bond motifs is 1. The number of nitrogens with zero attached hydrogens (tertiary/aromatic N) is 1. The molecular weight excluding hydrogens is 286 g/mol. The first-order valence-electron chi connectivity index (χ1n) is 7.66. The first-order chi connectivity index (χ1) is 10.1. The lowest BCUT2D eigenvalue weighted by Crippen LogP contribution is -2.34. The molecule has 3 rings (SSSR count). The van der Waals surface area contributed by atoms with Gasteiger partial charge in [0.2, 0.25) is 5.91 Å². The molecule has 0 bridgehead atoms. The molecule has 1 aromatic carbocycles. The van der Waals surface area contributed by atoms with Crippen molar-refractivity contribution >= 4 is 28.9 Å². The molecular formula is C16H22ClN3O. The van der Waals surface area contributed by atoms with E-state index in [9.17, 15) is 4.79 Å². The van der Waals surface area contributed by atoms with Crippen LogP contribution >= 0.6 is 11.6 Å². The lowest BCUT2D eigenvalue weighted by molar-refractivity contribution is -0.117. The highest BCUT2D eigenvalue weighted by atomic mass is 35.5. The lowest BCUT2D eigenvalue weighted by atomic mass is 10.1. The molecule has 0 aromatic heterocycles. The number of likely N-dealkylation sites (N-methyl/N-ethyl adjacent to an activating group) is 1. The molecule has 1 fully saturated rings. The van der Waals surface area contributed by atoms with Crippen molar-refractivity contribution in [3.05, 3.63) is 22.7 Å². The van der Waals surface area contributed by atoms with Gasteiger partial charge >= 0.3 is 0 Å². The van der Waals surface area contributed by atoms with Crippen LogP contribution in [0.25, 0.3) is 0 Å². The van der Waals surface area contributed by atoms with Crippen LogP contribution in [0.1, 0.15) is 44.7 Å². The molecule has 114 valence electrons. The third-order valence-corrected chi connectivity index (χ3v) is 5.08. The molecule has 2 aliphatic rings. The van der Waals surface area contributed by atoms with Crippen LogP contribution in [0.15, 0.2) is 12.1 Å². The van der Waals surface area contributed by atoms with Crippen molar-refractivity contribution in [3.63, 3.8) is 0 Å². The Kier molecular flexibility index (Phi) is 3.84.